The molecule has 1 fully saturated rings. The summed E-state index contributed by atoms with van der Waals surface area (Å²) >= 11 is 0. The van der Waals surface area contributed by atoms with E-state index in [1.54, 1.807) is 21.3 Å². The van der Waals surface area contributed by atoms with E-state index < -0.39 is 0 Å². The molecule has 0 radical (unpaired) electrons. The molecule has 9 nitrogen and oxygen atoms in total. The summed E-state index contributed by atoms with van der Waals surface area (Å²) in [7, 11) is 4.73. The van der Waals surface area contributed by atoms with Crippen molar-refractivity contribution in [3.05, 3.63) is 48.2 Å². The summed E-state index contributed by atoms with van der Waals surface area (Å²) < 4.78 is 21.7. The molecule has 1 aromatic heterocycles. The molecule has 0 aliphatic carbocycles. The lowest BCUT2D eigenvalue weighted by Gasteiger charge is -2.28. The second-order valence-electron chi connectivity index (χ2n) is 7.53. The van der Waals surface area contributed by atoms with Crippen LogP contribution in [0.5, 0.6) is 17.2 Å². The number of hydrogen-bond acceptors (Lipinski definition) is 9. The van der Waals surface area contributed by atoms with Crippen molar-refractivity contribution in [2.24, 2.45) is 0 Å². The number of benzene rings is 2. The second-order valence-corrected chi connectivity index (χ2v) is 7.53. The zero-order chi connectivity index (χ0) is 23.2. The van der Waals surface area contributed by atoms with Crippen molar-refractivity contribution in [1.29, 1.82) is 0 Å². The van der Waals surface area contributed by atoms with Crippen molar-refractivity contribution < 1.29 is 18.9 Å². The summed E-state index contributed by atoms with van der Waals surface area (Å²) in [5.41, 5.74) is 3.68. The van der Waals surface area contributed by atoms with Crippen LogP contribution in [-0.2, 0) is 4.74 Å². The summed E-state index contributed by atoms with van der Waals surface area (Å²) in [5, 5.41) is 6.59. The maximum atomic E-state index is 5.43. The Balaban J connectivity index is 1.51. The van der Waals surface area contributed by atoms with Gasteiger partial charge in [-0.1, -0.05) is 0 Å². The lowest BCUT2D eigenvalue weighted by molar-refractivity contribution is 0.122. The third kappa shape index (κ3) is 5.38. The predicted molar refractivity (Wildman–Crippen MR) is 129 cm³/mol. The molecule has 0 bridgehead atoms. The van der Waals surface area contributed by atoms with Gasteiger partial charge in [-0.15, -0.1) is 0 Å². The van der Waals surface area contributed by atoms with Gasteiger partial charge in [-0.25, -0.2) is 4.98 Å². The number of nitrogens with one attached hydrogen (secondary N) is 2. The van der Waals surface area contributed by atoms with E-state index in [4.69, 9.17) is 18.9 Å². The highest BCUT2D eigenvalue weighted by molar-refractivity contribution is 5.67. The van der Waals surface area contributed by atoms with Crippen molar-refractivity contribution in [1.82, 2.24) is 9.97 Å². The van der Waals surface area contributed by atoms with Crippen molar-refractivity contribution in [2.75, 3.05) is 63.2 Å². The van der Waals surface area contributed by atoms with Crippen LogP contribution in [0.1, 0.15) is 5.69 Å². The summed E-state index contributed by atoms with van der Waals surface area (Å²) in [6.07, 6.45) is 0. The van der Waals surface area contributed by atoms with E-state index in [0.29, 0.717) is 29.0 Å². The molecule has 1 aliphatic heterocycles. The lowest BCUT2D eigenvalue weighted by atomic mass is 10.2. The van der Waals surface area contributed by atoms with Gasteiger partial charge in [0.05, 0.1) is 34.5 Å². The number of aryl methyl sites for hydroxylation is 1. The molecule has 4 rings (SSSR count). The van der Waals surface area contributed by atoms with Gasteiger partial charge < -0.3 is 34.5 Å². The van der Waals surface area contributed by atoms with Gasteiger partial charge >= 0.3 is 0 Å². The number of nitrogens with zero attached hydrogens (tertiary/aromatic N) is 3. The van der Waals surface area contributed by atoms with E-state index in [1.165, 1.54) is 5.69 Å². The number of methoxy groups -OCH3 is 3. The first kappa shape index (κ1) is 22.5. The van der Waals surface area contributed by atoms with Crippen LogP contribution in [0.4, 0.5) is 28.8 Å². The van der Waals surface area contributed by atoms with Crippen LogP contribution in [0.25, 0.3) is 0 Å². The van der Waals surface area contributed by atoms with Crippen molar-refractivity contribution in [3.8, 4) is 17.2 Å². The Hall–Kier alpha value is -3.72. The first-order chi connectivity index (χ1) is 16.1. The summed E-state index contributed by atoms with van der Waals surface area (Å²) in [5.74, 6) is 2.77. The molecule has 1 saturated heterocycles. The minimum Gasteiger partial charge on any atom is -0.493 e. The first-order valence-electron chi connectivity index (χ1n) is 10.7. The average Bonchev–Trinajstić information content (AvgIpc) is 2.84. The molecule has 0 saturated carbocycles. The zero-order valence-electron chi connectivity index (χ0n) is 19.3. The van der Waals surface area contributed by atoms with Crippen LogP contribution in [0.3, 0.4) is 0 Å². The highest BCUT2D eigenvalue weighted by atomic mass is 16.5. The molecule has 0 atom stereocenters. The molecular formula is C24H29N5O4. The molecule has 33 heavy (non-hydrogen) atoms. The standard InChI is InChI=1S/C24H29N5O4/c1-16-13-22(26-17-5-7-19(8-6-17)29-9-11-33-12-10-29)28-24(25-16)27-18-14-20(30-2)23(32-4)21(15-18)31-3/h5-8,13-15H,9-12H2,1-4H3,(H2,25,26,27,28). The van der Waals surface area contributed by atoms with Gasteiger partial charge in [0, 0.05) is 54.0 Å². The normalized spacial score (nSPS) is 13.4. The Labute approximate surface area is 193 Å². The van der Waals surface area contributed by atoms with Gasteiger partial charge in [0.2, 0.25) is 11.7 Å². The van der Waals surface area contributed by atoms with E-state index in [1.807, 2.05) is 25.1 Å². The monoisotopic (exact) mass is 451 g/mol. The molecule has 3 aromatic rings. The van der Waals surface area contributed by atoms with Gasteiger partial charge in [0.1, 0.15) is 5.82 Å². The fourth-order valence-electron chi connectivity index (χ4n) is 3.70. The van der Waals surface area contributed by atoms with Crippen LogP contribution in [-0.4, -0.2) is 57.6 Å². The molecule has 0 unspecified atom stereocenters. The predicted octanol–water partition coefficient (Wildman–Crippen LogP) is 4.13. The fourth-order valence-corrected chi connectivity index (χ4v) is 3.70. The van der Waals surface area contributed by atoms with Crippen molar-refractivity contribution in [3.63, 3.8) is 0 Å². The van der Waals surface area contributed by atoms with E-state index in [0.717, 1.165) is 43.4 Å². The lowest BCUT2D eigenvalue weighted by Crippen LogP contribution is -2.36. The molecule has 0 amide bonds. The van der Waals surface area contributed by atoms with Crippen LogP contribution in [0, 0.1) is 6.92 Å². The summed E-state index contributed by atoms with van der Waals surface area (Å²) in [4.78, 5) is 11.4. The molecule has 2 N–H and O–H groups in total. The largest absolute Gasteiger partial charge is 0.493 e. The van der Waals surface area contributed by atoms with E-state index in [2.05, 4.69) is 49.8 Å². The van der Waals surface area contributed by atoms with Gasteiger partial charge in [-0.3, -0.25) is 0 Å². The number of rotatable bonds is 8. The molecule has 2 heterocycles. The number of ether oxygens (including phenoxy) is 4. The summed E-state index contributed by atoms with van der Waals surface area (Å²) in [6, 6.07) is 13.8. The van der Waals surface area contributed by atoms with Gasteiger partial charge in [0.25, 0.3) is 0 Å². The molecular weight excluding hydrogens is 422 g/mol. The number of morpholine rings is 1. The third-order valence-electron chi connectivity index (χ3n) is 5.29. The Morgan fingerprint density at radius 1 is 0.818 bits per heavy atom. The Morgan fingerprint density at radius 3 is 2.09 bits per heavy atom. The highest BCUT2D eigenvalue weighted by Crippen LogP contribution is 2.40. The molecule has 9 heteroatoms. The third-order valence-corrected chi connectivity index (χ3v) is 5.29. The Morgan fingerprint density at radius 2 is 1.48 bits per heavy atom. The number of anilines is 5. The first-order valence-corrected chi connectivity index (χ1v) is 10.7. The van der Waals surface area contributed by atoms with Gasteiger partial charge in [-0.05, 0) is 31.2 Å². The highest BCUT2D eigenvalue weighted by Gasteiger charge is 2.15. The van der Waals surface area contributed by atoms with Crippen LogP contribution in [0.2, 0.25) is 0 Å². The molecule has 1 aliphatic rings. The zero-order valence-corrected chi connectivity index (χ0v) is 19.3. The van der Waals surface area contributed by atoms with Crippen LogP contribution >= 0.6 is 0 Å². The quantitative estimate of drug-likeness (QED) is 0.524. The SMILES string of the molecule is COc1cc(Nc2nc(C)cc(Nc3ccc(N4CCOCC4)cc3)n2)cc(OC)c1OC. The molecule has 2 aromatic carbocycles. The average molecular weight is 452 g/mol. The van der Waals surface area contributed by atoms with E-state index in [9.17, 15) is 0 Å². The van der Waals surface area contributed by atoms with Crippen molar-refractivity contribution in [2.45, 2.75) is 6.92 Å². The minimum absolute atomic E-state index is 0.455. The smallest absolute Gasteiger partial charge is 0.229 e. The van der Waals surface area contributed by atoms with Crippen LogP contribution in [0.15, 0.2) is 42.5 Å². The van der Waals surface area contributed by atoms with Gasteiger partial charge in [-0.2, -0.15) is 4.98 Å². The maximum absolute atomic E-state index is 5.43. The topological polar surface area (TPSA) is 90.0 Å². The second kappa shape index (κ2) is 10.3. The van der Waals surface area contributed by atoms with Crippen molar-refractivity contribution >= 4 is 28.8 Å². The molecule has 0 spiro atoms. The van der Waals surface area contributed by atoms with E-state index >= 15 is 0 Å². The summed E-state index contributed by atoms with van der Waals surface area (Å²) in [6.45, 7) is 5.28. The fraction of sp³-hybridized carbons (Fsp3) is 0.333. The van der Waals surface area contributed by atoms with E-state index in [-0.39, 0.29) is 0 Å². The van der Waals surface area contributed by atoms with Gasteiger partial charge in [0.15, 0.2) is 11.5 Å². The molecule has 174 valence electrons. The maximum Gasteiger partial charge on any atom is 0.229 e. The number of hydrogen-bond donors (Lipinski definition) is 2. The minimum atomic E-state index is 0.455. The Bertz CT molecular complexity index is 1060. The van der Waals surface area contributed by atoms with Crippen LogP contribution < -0.4 is 29.7 Å². The number of aromatic nitrogens is 2. The Kier molecular flexibility index (Phi) is 6.99.